The summed E-state index contributed by atoms with van der Waals surface area (Å²) in [5, 5.41) is 3.72. The first kappa shape index (κ1) is 30.3. The van der Waals surface area contributed by atoms with Gasteiger partial charge in [-0.25, -0.2) is 24.1 Å². The molecule has 0 saturated carbocycles. The molecule has 0 spiro atoms. The third-order valence-electron chi connectivity index (χ3n) is 8.18. The van der Waals surface area contributed by atoms with Crippen molar-refractivity contribution in [3.05, 3.63) is 54.7 Å². The molecule has 2 amide bonds. The lowest BCUT2D eigenvalue weighted by Crippen LogP contribution is -2.48. The minimum absolute atomic E-state index is 0.0139. The SMILES string of the molecule is CC(=O)N1CCN(c2ccc(-c3oc4ncnc(N5CCC(NC(=O)OC(C)(C)C)CC5)c4c3-c3ccc(F)cc3)cn2)CC1. The molecule has 11 nitrogen and oxygen atoms in total. The van der Waals surface area contributed by atoms with E-state index in [9.17, 15) is 14.0 Å². The van der Waals surface area contributed by atoms with Gasteiger partial charge in [0.1, 0.15) is 35.1 Å². The lowest BCUT2D eigenvalue weighted by Gasteiger charge is -2.34. The van der Waals surface area contributed by atoms with Crippen LogP contribution in [0.4, 0.5) is 20.8 Å². The average molecular weight is 616 g/mol. The molecule has 2 saturated heterocycles. The number of nitrogens with zero attached hydrogens (tertiary/aromatic N) is 6. The molecule has 45 heavy (non-hydrogen) atoms. The fourth-order valence-electron chi connectivity index (χ4n) is 5.92. The minimum Gasteiger partial charge on any atom is -0.444 e. The van der Waals surface area contributed by atoms with Crippen molar-refractivity contribution >= 4 is 34.7 Å². The second kappa shape index (κ2) is 12.3. The number of amides is 2. The number of piperazine rings is 1. The molecule has 2 aliphatic heterocycles. The molecule has 4 aromatic rings. The van der Waals surface area contributed by atoms with E-state index in [0.717, 1.165) is 33.7 Å². The molecule has 0 aliphatic carbocycles. The zero-order valence-electron chi connectivity index (χ0n) is 26.0. The lowest BCUT2D eigenvalue weighted by atomic mass is 9.99. The first-order valence-electron chi connectivity index (χ1n) is 15.3. The van der Waals surface area contributed by atoms with Crippen LogP contribution in [-0.4, -0.2) is 82.8 Å². The molecule has 0 radical (unpaired) electrons. The van der Waals surface area contributed by atoms with E-state index in [1.165, 1.54) is 18.5 Å². The Morgan fingerprint density at radius 1 is 0.911 bits per heavy atom. The Morgan fingerprint density at radius 3 is 2.22 bits per heavy atom. The summed E-state index contributed by atoms with van der Waals surface area (Å²) in [4.78, 5) is 44.1. The van der Waals surface area contributed by atoms with Crippen LogP contribution in [0.25, 0.3) is 33.6 Å². The zero-order chi connectivity index (χ0) is 31.7. The van der Waals surface area contributed by atoms with Gasteiger partial charge < -0.3 is 29.2 Å². The number of pyridine rings is 1. The quantitative estimate of drug-likeness (QED) is 0.321. The molecule has 0 unspecified atom stereocenters. The van der Waals surface area contributed by atoms with Crippen molar-refractivity contribution in [1.29, 1.82) is 0 Å². The maximum absolute atomic E-state index is 14.0. The number of hydrogen-bond donors (Lipinski definition) is 1. The fourth-order valence-corrected chi connectivity index (χ4v) is 5.92. The summed E-state index contributed by atoms with van der Waals surface area (Å²) in [7, 11) is 0. The second-order valence-electron chi connectivity index (χ2n) is 12.5. The number of aromatic nitrogens is 3. The van der Waals surface area contributed by atoms with Gasteiger partial charge in [0.05, 0.1) is 5.39 Å². The number of halogens is 1. The Labute approximate surface area is 261 Å². The van der Waals surface area contributed by atoms with Crippen molar-refractivity contribution in [1.82, 2.24) is 25.2 Å². The molecule has 2 fully saturated rings. The molecule has 236 valence electrons. The zero-order valence-corrected chi connectivity index (χ0v) is 26.0. The molecule has 0 bridgehead atoms. The van der Waals surface area contributed by atoms with Gasteiger partial charge in [0.2, 0.25) is 11.6 Å². The van der Waals surface area contributed by atoms with E-state index in [0.29, 0.717) is 63.6 Å². The van der Waals surface area contributed by atoms with Crippen LogP contribution in [0, 0.1) is 5.82 Å². The third kappa shape index (κ3) is 6.69. The van der Waals surface area contributed by atoms with Crippen LogP contribution in [0.15, 0.2) is 53.3 Å². The van der Waals surface area contributed by atoms with Gasteiger partial charge in [-0.1, -0.05) is 12.1 Å². The molecular weight excluding hydrogens is 577 g/mol. The van der Waals surface area contributed by atoms with Crippen molar-refractivity contribution in [2.45, 2.75) is 52.2 Å². The van der Waals surface area contributed by atoms with Crippen LogP contribution < -0.4 is 15.1 Å². The first-order valence-corrected chi connectivity index (χ1v) is 15.3. The molecule has 1 N–H and O–H groups in total. The Bertz CT molecular complexity index is 1670. The van der Waals surface area contributed by atoms with Crippen molar-refractivity contribution in [3.63, 3.8) is 0 Å². The van der Waals surface area contributed by atoms with Crippen LogP contribution in [0.5, 0.6) is 0 Å². The average Bonchev–Trinajstić information content (AvgIpc) is 3.41. The smallest absolute Gasteiger partial charge is 0.407 e. The maximum Gasteiger partial charge on any atom is 0.407 e. The number of alkyl carbamates (subject to hydrolysis) is 1. The van der Waals surface area contributed by atoms with Gasteiger partial charge in [-0.3, -0.25) is 4.79 Å². The highest BCUT2D eigenvalue weighted by atomic mass is 19.1. The van der Waals surface area contributed by atoms with Gasteiger partial charge in [0.15, 0.2) is 0 Å². The molecule has 5 heterocycles. The summed E-state index contributed by atoms with van der Waals surface area (Å²) in [6.45, 7) is 11.2. The Balaban J connectivity index is 1.30. The highest BCUT2D eigenvalue weighted by molar-refractivity contribution is 6.06. The van der Waals surface area contributed by atoms with E-state index in [4.69, 9.17) is 14.1 Å². The van der Waals surface area contributed by atoms with Crippen LogP contribution >= 0.6 is 0 Å². The van der Waals surface area contributed by atoms with Gasteiger partial charge in [-0.05, 0) is 63.4 Å². The van der Waals surface area contributed by atoms with E-state index in [2.05, 4.69) is 25.1 Å². The number of furan rings is 1. The van der Waals surface area contributed by atoms with Crippen molar-refractivity contribution in [2.24, 2.45) is 0 Å². The number of ether oxygens (including phenoxy) is 1. The van der Waals surface area contributed by atoms with Crippen molar-refractivity contribution < 1.29 is 23.1 Å². The summed E-state index contributed by atoms with van der Waals surface area (Å²) in [5.74, 6) is 1.86. The number of benzene rings is 1. The minimum atomic E-state index is -0.561. The number of anilines is 2. The van der Waals surface area contributed by atoms with Gasteiger partial charge in [-0.2, -0.15) is 0 Å². The molecule has 1 aromatic carbocycles. The van der Waals surface area contributed by atoms with Gasteiger partial charge in [0.25, 0.3) is 0 Å². The van der Waals surface area contributed by atoms with Gasteiger partial charge >= 0.3 is 6.09 Å². The summed E-state index contributed by atoms with van der Waals surface area (Å²) < 4.78 is 25.9. The third-order valence-corrected chi connectivity index (χ3v) is 8.18. The standard InChI is InChI=1S/C33H38FN7O4/c1-21(42)39-15-17-40(18-16-39)26-10-7-23(19-35-26)29-27(22-5-8-24(34)9-6-22)28-30(36-20-37-31(28)44-29)41-13-11-25(12-14-41)38-32(43)45-33(2,3)4/h5-10,19-20,25H,11-18H2,1-4H3,(H,38,43). The highest BCUT2D eigenvalue weighted by Crippen LogP contribution is 2.44. The Hall–Kier alpha value is -4.74. The molecule has 12 heteroatoms. The predicted octanol–water partition coefficient (Wildman–Crippen LogP) is 5.25. The molecule has 3 aromatic heterocycles. The number of nitrogens with one attached hydrogen (secondary N) is 1. The lowest BCUT2D eigenvalue weighted by molar-refractivity contribution is -0.129. The van der Waals surface area contributed by atoms with E-state index < -0.39 is 11.7 Å². The van der Waals surface area contributed by atoms with Crippen LogP contribution in [0.1, 0.15) is 40.5 Å². The number of piperidine rings is 1. The molecular formula is C33H38FN7O4. The summed E-state index contributed by atoms with van der Waals surface area (Å²) in [6.07, 6.45) is 4.28. The predicted molar refractivity (Wildman–Crippen MR) is 170 cm³/mol. The van der Waals surface area contributed by atoms with Crippen molar-refractivity contribution in [3.8, 4) is 22.5 Å². The number of fused-ring (bicyclic) bond motifs is 1. The summed E-state index contributed by atoms with van der Waals surface area (Å²) in [5.41, 5.74) is 2.15. The normalized spacial score (nSPS) is 16.2. The van der Waals surface area contributed by atoms with E-state index >= 15 is 0 Å². The Morgan fingerprint density at radius 2 is 1.60 bits per heavy atom. The van der Waals surface area contributed by atoms with E-state index in [1.807, 2.05) is 37.8 Å². The number of rotatable bonds is 5. The fraction of sp³-hybridized carbons (Fsp3) is 0.424. The largest absolute Gasteiger partial charge is 0.444 e. The Kier molecular flexibility index (Phi) is 8.30. The van der Waals surface area contributed by atoms with Gasteiger partial charge in [0, 0.05) is 69.6 Å². The van der Waals surface area contributed by atoms with E-state index in [1.54, 1.807) is 25.3 Å². The highest BCUT2D eigenvalue weighted by Gasteiger charge is 2.29. The monoisotopic (exact) mass is 615 g/mol. The first-order chi connectivity index (χ1) is 21.6. The van der Waals surface area contributed by atoms with Gasteiger partial charge in [-0.15, -0.1) is 0 Å². The maximum atomic E-state index is 14.0. The van der Waals surface area contributed by atoms with Crippen LogP contribution in [-0.2, 0) is 9.53 Å². The molecule has 2 aliphatic rings. The number of hydrogen-bond acceptors (Lipinski definition) is 9. The topological polar surface area (TPSA) is 117 Å². The summed E-state index contributed by atoms with van der Waals surface area (Å²) >= 11 is 0. The summed E-state index contributed by atoms with van der Waals surface area (Å²) in [6, 6.07) is 10.2. The number of carbonyl (C=O) groups excluding carboxylic acids is 2. The van der Waals surface area contributed by atoms with Crippen molar-refractivity contribution in [2.75, 3.05) is 49.1 Å². The second-order valence-corrected chi connectivity index (χ2v) is 12.5. The molecule has 0 atom stereocenters. The van der Waals surface area contributed by atoms with E-state index in [-0.39, 0.29) is 17.8 Å². The van der Waals surface area contributed by atoms with Crippen LogP contribution in [0.2, 0.25) is 0 Å². The number of carbonyl (C=O) groups is 2. The molecule has 6 rings (SSSR count). The van der Waals surface area contributed by atoms with Crippen LogP contribution in [0.3, 0.4) is 0 Å².